The molecule has 0 bridgehead atoms. The van der Waals surface area contributed by atoms with E-state index in [2.05, 4.69) is 91.6 Å². The fraction of sp³-hybridized carbons (Fsp3) is 0.385. The predicted octanol–water partition coefficient (Wildman–Crippen LogP) is 4.00. The normalized spacial score (nSPS) is 15.3. The van der Waals surface area contributed by atoms with Crippen LogP contribution < -0.4 is 5.32 Å². The quantitative estimate of drug-likeness (QED) is 0.469. The minimum absolute atomic E-state index is 0.766. The van der Waals surface area contributed by atoms with Crippen LogP contribution in [0.4, 0.5) is 0 Å². The van der Waals surface area contributed by atoms with Crippen molar-refractivity contribution in [3.8, 4) is 0 Å². The fourth-order valence-electron chi connectivity index (χ4n) is 4.41. The topological polar surface area (TPSA) is 45.5 Å². The number of benzene rings is 2. The third-order valence-corrected chi connectivity index (χ3v) is 6.12. The summed E-state index contributed by atoms with van der Waals surface area (Å²) in [4.78, 5) is 11.5. The maximum atomic E-state index is 4.57. The molecule has 2 heterocycles. The van der Waals surface area contributed by atoms with E-state index in [4.69, 9.17) is 0 Å². The molecule has 1 aromatic heterocycles. The van der Waals surface area contributed by atoms with Crippen LogP contribution in [0.15, 0.2) is 78.0 Å². The van der Waals surface area contributed by atoms with Crippen LogP contribution in [0, 0.1) is 5.92 Å². The van der Waals surface area contributed by atoms with Crippen LogP contribution in [0.25, 0.3) is 0 Å². The molecule has 31 heavy (non-hydrogen) atoms. The number of piperidine rings is 1. The van der Waals surface area contributed by atoms with Gasteiger partial charge in [0, 0.05) is 52.0 Å². The van der Waals surface area contributed by atoms with E-state index >= 15 is 0 Å². The number of imidazole rings is 1. The number of rotatable bonds is 7. The number of hydrogen-bond acceptors (Lipinski definition) is 2. The Balaban J connectivity index is 1.23. The van der Waals surface area contributed by atoms with Gasteiger partial charge in [0.05, 0.1) is 0 Å². The number of aromatic nitrogens is 2. The van der Waals surface area contributed by atoms with Crippen molar-refractivity contribution in [3.63, 3.8) is 0 Å². The maximum absolute atomic E-state index is 4.57. The first kappa shape index (κ1) is 21.2. The lowest BCUT2D eigenvalue weighted by Gasteiger charge is -2.34. The highest BCUT2D eigenvalue weighted by molar-refractivity contribution is 5.79. The first-order chi connectivity index (χ1) is 15.3. The van der Waals surface area contributed by atoms with E-state index in [1.165, 1.54) is 30.4 Å². The van der Waals surface area contributed by atoms with Crippen LogP contribution >= 0.6 is 0 Å². The van der Waals surface area contributed by atoms with Crippen molar-refractivity contribution < 1.29 is 0 Å². The standard InChI is InChI=1S/C26H33N5/c1-27-26(30-17-13-23(14-18-30)20-22-8-4-2-5-9-22)29-15-12-25-28-16-19-31(25)21-24-10-6-3-7-11-24/h2-11,16,19,23H,12-15,17-18,20-21H2,1H3,(H,27,29). The van der Waals surface area contributed by atoms with Crippen LogP contribution in [0.2, 0.25) is 0 Å². The lowest BCUT2D eigenvalue weighted by Crippen LogP contribution is -2.46. The molecule has 0 saturated carbocycles. The second-order valence-electron chi connectivity index (χ2n) is 8.30. The number of guanidine groups is 1. The first-order valence-electron chi connectivity index (χ1n) is 11.4. The van der Waals surface area contributed by atoms with Gasteiger partial charge in [0.15, 0.2) is 5.96 Å². The second-order valence-corrected chi connectivity index (χ2v) is 8.30. The summed E-state index contributed by atoms with van der Waals surface area (Å²) >= 11 is 0. The van der Waals surface area contributed by atoms with Crippen molar-refractivity contribution in [3.05, 3.63) is 90.0 Å². The Hall–Kier alpha value is -3.08. The molecule has 5 heteroatoms. The van der Waals surface area contributed by atoms with E-state index in [1.54, 1.807) is 0 Å². The van der Waals surface area contributed by atoms with Crippen molar-refractivity contribution in [1.82, 2.24) is 19.8 Å². The Morgan fingerprint density at radius 2 is 1.68 bits per heavy atom. The van der Waals surface area contributed by atoms with E-state index in [0.29, 0.717) is 0 Å². The van der Waals surface area contributed by atoms with Gasteiger partial charge in [-0.15, -0.1) is 0 Å². The van der Waals surface area contributed by atoms with Gasteiger partial charge >= 0.3 is 0 Å². The average Bonchev–Trinajstić information content (AvgIpc) is 3.25. The van der Waals surface area contributed by atoms with E-state index in [1.807, 2.05) is 13.2 Å². The zero-order valence-electron chi connectivity index (χ0n) is 18.5. The number of hydrogen-bond donors (Lipinski definition) is 1. The molecule has 0 unspecified atom stereocenters. The van der Waals surface area contributed by atoms with Crippen molar-refractivity contribution in [1.29, 1.82) is 0 Å². The number of nitrogens with zero attached hydrogens (tertiary/aromatic N) is 4. The third kappa shape index (κ3) is 5.97. The van der Waals surface area contributed by atoms with Gasteiger partial charge < -0.3 is 14.8 Å². The highest BCUT2D eigenvalue weighted by Gasteiger charge is 2.21. The van der Waals surface area contributed by atoms with Crippen molar-refractivity contribution >= 4 is 5.96 Å². The van der Waals surface area contributed by atoms with E-state index < -0.39 is 0 Å². The van der Waals surface area contributed by atoms with E-state index in [-0.39, 0.29) is 0 Å². The largest absolute Gasteiger partial charge is 0.356 e. The maximum Gasteiger partial charge on any atom is 0.193 e. The number of nitrogens with one attached hydrogen (secondary N) is 1. The highest BCUT2D eigenvalue weighted by Crippen LogP contribution is 2.21. The molecule has 1 aliphatic heterocycles. The Kier molecular flexibility index (Phi) is 7.37. The SMILES string of the molecule is CN=C(NCCc1nccn1Cc1ccccc1)N1CCC(Cc2ccccc2)CC1. The van der Waals surface area contributed by atoms with Gasteiger partial charge in [-0.3, -0.25) is 4.99 Å². The molecule has 0 atom stereocenters. The van der Waals surface area contributed by atoms with Gasteiger partial charge in [-0.05, 0) is 36.3 Å². The van der Waals surface area contributed by atoms with Gasteiger partial charge in [-0.2, -0.15) is 0 Å². The molecular formula is C26H33N5. The fourth-order valence-corrected chi connectivity index (χ4v) is 4.41. The molecule has 4 rings (SSSR count). The molecule has 1 saturated heterocycles. The molecule has 1 N–H and O–H groups in total. The van der Waals surface area contributed by atoms with Gasteiger partial charge in [0.1, 0.15) is 5.82 Å². The van der Waals surface area contributed by atoms with Crippen molar-refractivity contribution in [2.24, 2.45) is 10.9 Å². The van der Waals surface area contributed by atoms with Crippen LogP contribution in [-0.4, -0.2) is 47.1 Å². The molecule has 2 aromatic carbocycles. The van der Waals surface area contributed by atoms with Gasteiger partial charge in [0.25, 0.3) is 0 Å². The predicted molar refractivity (Wildman–Crippen MR) is 127 cm³/mol. The number of aliphatic imine (C=N–C) groups is 1. The summed E-state index contributed by atoms with van der Waals surface area (Å²) in [5, 5.41) is 3.56. The smallest absolute Gasteiger partial charge is 0.193 e. The number of likely N-dealkylation sites (tertiary alicyclic amines) is 1. The molecular weight excluding hydrogens is 382 g/mol. The molecule has 0 radical (unpaired) electrons. The van der Waals surface area contributed by atoms with Gasteiger partial charge in [0.2, 0.25) is 0 Å². The minimum Gasteiger partial charge on any atom is -0.356 e. The van der Waals surface area contributed by atoms with Crippen LogP contribution in [-0.2, 0) is 19.4 Å². The second kappa shape index (κ2) is 10.8. The van der Waals surface area contributed by atoms with Crippen LogP contribution in [0.5, 0.6) is 0 Å². The summed E-state index contributed by atoms with van der Waals surface area (Å²) in [6, 6.07) is 21.4. The summed E-state index contributed by atoms with van der Waals surface area (Å²) in [7, 11) is 1.88. The Morgan fingerprint density at radius 1 is 1.00 bits per heavy atom. The molecule has 162 valence electrons. The van der Waals surface area contributed by atoms with Crippen LogP contribution in [0.1, 0.15) is 29.8 Å². The minimum atomic E-state index is 0.766. The van der Waals surface area contributed by atoms with E-state index in [0.717, 1.165) is 50.3 Å². The molecule has 0 aliphatic carbocycles. The zero-order valence-corrected chi connectivity index (χ0v) is 18.5. The van der Waals surface area contributed by atoms with Gasteiger partial charge in [-0.1, -0.05) is 60.7 Å². The summed E-state index contributed by atoms with van der Waals surface area (Å²) in [6.07, 6.45) is 8.46. The van der Waals surface area contributed by atoms with E-state index in [9.17, 15) is 0 Å². The summed E-state index contributed by atoms with van der Waals surface area (Å²) in [5.74, 6) is 2.88. The van der Waals surface area contributed by atoms with Crippen molar-refractivity contribution in [2.75, 3.05) is 26.7 Å². The highest BCUT2D eigenvalue weighted by atomic mass is 15.3. The molecule has 0 amide bonds. The summed E-state index contributed by atoms with van der Waals surface area (Å²) < 4.78 is 2.23. The first-order valence-corrected chi connectivity index (χ1v) is 11.4. The Bertz CT molecular complexity index is 940. The van der Waals surface area contributed by atoms with Gasteiger partial charge in [-0.25, -0.2) is 4.98 Å². The zero-order chi connectivity index (χ0) is 21.3. The Morgan fingerprint density at radius 3 is 2.35 bits per heavy atom. The van der Waals surface area contributed by atoms with Crippen molar-refractivity contribution in [2.45, 2.75) is 32.2 Å². The Labute approximate surface area is 185 Å². The van der Waals surface area contributed by atoms with Crippen LogP contribution in [0.3, 0.4) is 0 Å². The lowest BCUT2D eigenvalue weighted by molar-refractivity contribution is 0.259. The summed E-state index contributed by atoms with van der Waals surface area (Å²) in [5.41, 5.74) is 2.75. The molecule has 3 aromatic rings. The lowest BCUT2D eigenvalue weighted by atomic mass is 9.90. The molecule has 5 nitrogen and oxygen atoms in total. The molecule has 1 fully saturated rings. The molecule has 1 aliphatic rings. The monoisotopic (exact) mass is 415 g/mol. The third-order valence-electron chi connectivity index (χ3n) is 6.12. The molecule has 0 spiro atoms. The summed E-state index contributed by atoms with van der Waals surface area (Å²) in [6.45, 7) is 3.84. The average molecular weight is 416 g/mol.